The summed E-state index contributed by atoms with van der Waals surface area (Å²) < 4.78 is 5.45. The van der Waals surface area contributed by atoms with Crippen LogP contribution in [0.15, 0.2) is 0 Å². The van der Waals surface area contributed by atoms with Crippen LogP contribution >= 0.6 is 0 Å². The molecule has 1 aliphatic heterocycles. The molecule has 2 rings (SSSR count). The van der Waals surface area contributed by atoms with E-state index < -0.39 is 0 Å². The topological polar surface area (TPSA) is 38.5 Å². The van der Waals surface area contributed by atoms with Crippen LogP contribution in [0.4, 0.5) is 0 Å². The molecule has 0 unspecified atom stereocenters. The summed E-state index contributed by atoms with van der Waals surface area (Å²) >= 11 is 0. The van der Waals surface area contributed by atoms with Crippen molar-refractivity contribution in [1.29, 1.82) is 0 Å². The molecule has 2 fully saturated rings. The third-order valence-electron chi connectivity index (χ3n) is 5.09. The summed E-state index contributed by atoms with van der Waals surface area (Å²) in [5, 5.41) is 0. The standard InChI is InChI=1S/C14H28N2O/c1-11(2)12-8-14(9-12,10-15)16(3)13-4-6-17-7-5-13/h11-13H,4-10,15H2,1-3H3. The van der Waals surface area contributed by atoms with Gasteiger partial charge in [-0.15, -0.1) is 0 Å². The van der Waals surface area contributed by atoms with Gasteiger partial charge >= 0.3 is 0 Å². The van der Waals surface area contributed by atoms with Gasteiger partial charge in [-0.1, -0.05) is 13.8 Å². The number of nitrogens with two attached hydrogens (primary N) is 1. The van der Waals surface area contributed by atoms with Crippen LogP contribution in [0.3, 0.4) is 0 Å². The molecule has 0 bridgehead atoms. The third kappa shape index (κ3) is 2.51. The van der Waals surface area contributed by atoms with Crippen LogP contribution in [0.5, 0.6) is 0 Å². The zero-order valence-corrected chi connectivity index (χ0v) is 11.6. The Hall–Kier alpha value is -0.120. The fourth-order valence-electron chi connectivity index (χ4n) is 3.45. The van der Waals surface area contributed by atoms with Gasteiger partial charge < -0.3 is 10.5 Å². The highest BCUT2D eigenvalue weighted by Crippen LogP contribution is 2.46. The predicted octanol–water partition coefficient (Wildman–Crippen LogP) is 1.86. The lowest BCUT2D eigenvalue weighted by atomic mass is 9.62. The number of likely N-dealkylation sites (N-methyl/N-ethyl adjacent to an activating group) is 1. The highest BCUT2D eigenvalue weighted by molar-refractivity contribution is 5.04. The lowest BCUT2D eigenvalue weighted by Gasteiger charge is -2.56. The summed E-state index contributed by atoms with van der Waals surface area (Å²) in [6.07, 6.45) is 4.92. The predicted molar refractivity (Wildman–Crippen MR) is 71.0 cm³/mol. The number of nitrogens with zero attached hydrogens (tertiary/aromatic N) is 1. The van der Waals surface area contributed by atoms with Gasteiger partial charge in [0.1, 0.15) is 0 Å². The summed E-state index contributed by atoms with van der Waals surface area (Å²) in [6.45, 7) is 7.32. The zero-order valence-electron chi connectivity index (χ0n) is 11.6. The summed E-state index contributed by atoms with van der Waals surface area (Å²) in [5.41, 5.74) is 6.35. The average Bonchev–Trinajstić information content (AvgIpc) is 2.29. The SMILES string of the molecule is CC(C)C1CC(CN)(N(C)C2CCOCC2)C1. The molecule has 3 heteroatoms. The molecule has 2 N–H and O–H groups in total. The van der Waals surface area contributed by atoms with Gasteiger partial charge in [0.25, 0.3) is 0 Å². The zero-order chi connectivity index (χ0) is 12.5. The van der Waals surface area contributed by atoms with Crippen molar-refractivity contribution < 1.29 is 4.74 Å². The molecule has 1 heterocycles. The Labute approximate surface area is 106 Å². The summed E-state index contributed by atoms with van der Waals surface area (Å²) in [6, 6.07) is 0.681. The first-order valence-electron chi connectivity index (χ1n) is 7.10. The number of rotatable bonds is 4. The van der Waals surface area contributed by atoms with E-state index in [0.717, 1.165) is 31.6 Å². The fourth-order valence-corrected chi connectivity index (χ4v) is 3.45. The smallest absolute Gasteiger partial charge is 0.0480 e. The Morgan fingerprint density at radius 2 is 1.88 bits per heavy atom. The second kappa shape index (κ2) is 5.25. The number of ether oxygens (including phenoxy) is 1. The van der Waals surface area contributed by atoms with Gasteiger partial charge in [0.15, 0.2) is 0 Å². The summed E-state index contributed by atoms with van der Waals surface area (Å²) in [7, 11) is 2.28. The molecule has 0 radical (unpaired) electrons. The minimum atomic E-state index is 0.289. The molecular weight excluding hydrogens is 212 g/mol. The molecule has 100 valence electrons. The van der Waals surface area contributed by atoms with Gasteiger partial charge in [0.05, 0.1) is 0 Å². The van der Waals surface area contributed by atoms with Crippen LogP contribution in [-0.2, 0) is 4.74 Å². The summed E-state index contributed by atoms with van der Waals surface area (Å²) in [5.74, 6) is 1.68. The van der Waals surface area contributed by atoms with Gasteiger partial charge in [-0.25, -0.2) is 0 Å². The van der Waals surface area contributed by atoms with Crippen LogP contribution in [0.25, 0.3) is 0 Å². The van der Waals surface area contributed by atoms with E-state index in [0.29, 0.717) is 6.04 Å². The molecule has 0 aromatic rings. The lowest BCUT2D eigenvalue weighted by Crippen LogP contribution is -2.64. The molecule has 0 amide bonds. The van der Waals surface area contributed by atoms with Gasteiger partial charge in [-0.05, 0) is 44.6 Å². The molecule has 0 aromatic heterocycles. The lowest BCUT2D eigenvalue weighted by molar-refractivity contribution is -0.0684. The quantitative estimate of drug-likeness (QED) is 0.815. The van der Waals surface area contributed by atoms with E-state index in [1.165, 1.54) is 25.7 Å². The normalized spacial score (nSPS) is 35.3. The Balaban J connectivity index is 1.94. The van der Waals surface area contributed by atoms with E-state index in [4.69, 9.17) is 10.5 Å². The van der Waals surface area contributed by atoms with Crippen LogP contribution < -0.4 is 5.73 Å². The monoisotopic (exact) mass is 240 g/mol. The van der Waals surface area contributed by atoms with Crippen molar-refractivity contribution in [3.05, 3.63) is 0 Å². The first kappa shape index (κ1) is 13.3. The van der Waals surface area contributed by atoms with Crippen LogP contribution in [-0.4, -0.2) is 43.3 Å². The number of hydrogen-bond acceptors (Lipinski definition) is 3. The van der Waals surface area contributed by atoms with Crippen molar-refractivity contribution in [2.24, 2.45) is 17.6 Å². The highest BCUT2D eigenvalue weighted by Gasteiger charge is 2.48. The molecular formula is C14H28N2O. The minimum absolute atomic E-state index is 0.289. The van der Waals surface area contributed by atoms with Crippen molar-refractivity contribution in [2.45, 2.75) is 51.1 Å². The van der Waals surface area contributed by atoms with E-state index in [-0.39, 0.29) is 5.54 Å². The highest BCUT2D eigenvalue weighted by atomic mass is 16.5. The van der Waals surface area contributed by atoms with Gasteiger partial charge in [0, 0.05) is 31.3 Å². The Morgan fingerprint density at radius 1 is 1.29 bits per heavy atom. The molecule has 1 saturated carbocycles. The van der Waals surface area contributed by atoms with Crippen molar-refractivity contribution >= 4 is 0 Å². The number of hydrogen-bond donors (Lipinski definition) is 1. The second-order valence-electron chi connectivity index (χ2n) is 6.30. The van der Waals surface area contributed by atoms with E-state index in [9.17, 15) is 0 Å². The van der Waals surface area contributed by atoms with Crippen molar-refractivity contribution in [2.75, 3.05) is 26.8 Å². The van der Waals surface area contributed by atoms with Crippen molar-refractivity contribution in [3.8, 4) is 0 Å². The molecule has 0 aromatic carbocycles. The third-order valence-corrected chi connectivity index (χ3v) is 5.09. The molecule has 1 aliphatic carbocycles. The van der Waals surface area contributed by atoms with Crippen LogP contribution in [0.2, 0.25) is 0 Å². The van der Waals surface area contributed by atoms with Gasteiger partial charge in [-0.2, -0.15) is 0 Å². The molecule has 0 atom stereocenters. The maximum Gasteiger partial charge on any atom is 0.0480 e. The Morgan fingerprint density at radius 3 is 2.35 bits per heavy atom. The van der Waals surface area contributed by atoms with E-state index >= 15 is 0 Å². The summed E-state index contributed by atoms with van der Waals surface area (Å²) in [4.78, 5) is 2.58. The maximum absolute atomic E-state index is 6.07. The molecule has 0 spiro atoms. The minimum Gasteiger partial charge on any atom is -0.381 e. The maximum atomic E-state index is 6.07. The Bertz CT molecular complexity index is 243. The fraction of sp³-hybridized carbons (Fsp3) is 1.00. The van der Waals surface area contributed by atoms with E-state index in [1.54, 1.807) is 0 Å². The average molecular weight is 240 g/mol. The molecule has 1 saturated heterocycles. The Kier molecular flexibility index (Phi) is 4.11. The van der Waals surface area contributed by atoms with Crippen LogP contribution in [0, 0.1) is 11.8 Å². The first-order valence-corrected chi connectivity index (χ1v) is 7.10. The molecule has 17 heavy (non-hydrogen) atoms. The van der Waals surface area contributed by atoms with E-state index in [1.807, 2.05) is 0 Å². The van der Waals surface area contributed by atoms with Crippen LogP contribution in [0.1, 0.15) is 39.5 Å². The van der Waals surface area contributed by atoms with Crippen molar-refractivity contribution in [3.63, 3.8) is 0 Å². The van der Waals surface area contributed by atoms with Gasteiger partial charge in [0.2, 0.25) is 0 Å². The first-order chi connectivity index (χ1) is 8.09. The van der Waals surface area contributed by atoms with Gasteiger partial charge in [-0.3, -0.25) is 4.90 Å². The van der Waals surface area contributed by atoms with Crippen molar-refractivity contribution in [1.82, 2.24) is 4.90 Å². The molecule has 2 aliphatic rings. The largest absolute Gasteiger partial charge is 0.381 e. The van der Waals surface area contributed by atoms with E-state index in [2.05, 4.69) is 25.8 Å². The molecule has 3 nitrogen and oxygen atoms in total. The second-order valence-corrected chi connectivity index (χ2v) is 6.30.